The quantitative estimate of drug-likeness (QED) is 0.334. The van der Waals surface area contributed by atoms with Gasteiger partial charge in [-0.2, -0.15) is 0 Å². The standard InChI is InChI=1S/C30H32N2O4/c1-20-8-6-12-28(21(20)2)32(18-24-9-7-17-36-24)30(34)27-19-31(22-13-15-23(35-3)16-14-22)29(33)26-11-5-4-10-25(26)27/h4-5,7,9-11,13-17,19-21,28H,6,8,12,18H2,1-3H3. The van der Waals surface area contributed by atoms with Crippen molar-refractivity contribution in [1.29, 1.82) is 0 Å². The molecule has 6 heteroatoms. The van der Waals surface area contributed by atoms with E-state index in [0.29, 0.717) is 46.2 Å². The molecular formula is C30H32N2O4. The molecule has 2 heterocycles. The summed E-state index contributed by atoms with van der Waals surface area (Å²) in [5.74, 6) is 2.25. The summed E-state index contributed by atoms with van der Waals surface area (Å²) in [4.78, 5) is 29.8. The molecule has 3 atom stereocenters. The summed E-state index contributed by atoms with van der Waals surface area (Å²) >= 11 is 0. The first kappa shape index (κ1) is 23.9. The summed E-state index contributed by atoms with van der Waals surface area (Å²) in [7, 11) is 1.61. The molecule has 5 rings (SSSR count). The molecule has 4 aromatic rings. The number of furan rings is 1. The SMILES string of the molecule is COc1ccc(-n2cc(C(=O)N(Cc3ccco3)C3CCCC(C)C3C)c3ccccc3c2=O)cc1. The Balaban J connectivity index is 1.65. The smallest absolute Gasteiger partial charge is 0.262 e. The van der Waals surface area contributed by atoms with Crippen LogP contribution >= 0.6 is 0 Å². The summed E-state index contributed by atoms with van der Waals surface area (Å²) in [5, 5.41) is 1.18. The van der Waals surface area contributed by atoms with Crippen LogP contribution in [0.4, 0.5) is 0 Å². The Labute approximate surface area is 211 Å². The highest BCUT2D eigenvalue weighted by atomic mass is 16.5. The molecule has 0 saturated heterocycles. The third-order valence-electron chi connectivity index (χ3n) is 7.74. The van der Waals surface area contributed by atoms with Gasteiger partial charge < -0.3 is 14.1 Å². The minimum Gasteiger partial charge on any atom is -0.497 e. The van der Waals surface area contributed by atoms with Crippen molar-refractivity contribution < 1.29 is 13.9 Å². The van der Waals surface area contributed by atoms with Crippen molar-refractivity contribution in [2.75, 3.05) is 7.11 Å². The molecular weight excluding hydrogens is 452 g/mol. The number of carbonyl (C=O) groups excluding carboxylic acids is 1. The molecule has 6 nitrogen and oxygen atoms in total. The van der Waals surface area contributed by atoms with Crippen LogP contribution in [-0.4, -0.2) is 28.5 Å². The molecule has 0 radical (unpaired) electrons. The number of amides is 1. The molecule has 36 heavy (non-hydrogen) atoms. The number of pyridine rings is 1. The van der Waals surface area contributed by atoms with E-state index in [9.17, 15) is 9.59 Å². The van der Waals surface area contributed by atoms with E-state index < -0.39 is 0 Å². The Bertz CT molecular complexity index is 1410. The van der Waals surface area contributed by atoms with E-state index in [1.54, 1.807) is 30.2 Å². The molecule has 3 unspecified atom stereocenters. The molecule has 2 aromatic heterocycles. The molecule has 1 aliphatic rings. The van der Waals surface area contributed by atoms with Gasteiger partial charge in [-0.1, -0.05) is 44.9 Å². The summed E-state index contributed by atoms with van der Waals surface area (Å²) in [5.41, 5.74) is 1.03. The first-order chi connectivity index (χ1) is 17.5. The Morgan fingerprint density at radius 2 is 1.78 bits per heavy atom. The van der Waals surface area contributed by atoms with Crippen LogP contribution in [-0.2, 0) is 6.54 Å². The van der Waals surface area contributed by atoms with Crippen molar-refractivity contribution >= 4 is 16.7 Å². The highest BCUT2D eigenvalue weighted by Crippen LogP contribution is 2.35. The maximum Gasteiger partial charge on any atom is 0.262 e. The fourth-order valence-electron chi connectivity index (χ4n) is 5.46. The van der Waals surface area contributed by atoms with E-state index in [-0.39, 0.29) is 17.5 Å². The normalized spacial score (nSPS) is 19.8. The lowest BCUT2D eigenvalue weighted by Crippen LogP contribution is -2.47. The first-order valence-electron chi connectivity index (χ1n) is 12.6. The van der Waals surface area contributed by atoms with Gasteiger partial charge in [0.2, 0.25) is 0 Å². The summed E-state index contributed by atoms with van der Waals surface area (Å²) in [6, 6.07) is 18.5. The monoisotopic (exact) mass is 484 g/mol. The largest absolute Gasteiger partial charge is 0.497 e. The summed E-state index contributed by atoms with van der Waals surface area (Å²) in [6.45, 7) is 4.91. The number of hydrogen-bond acceptors (Lipinski definition) is 4. The predicted octanol–water partition coefficient (Wildman–Crippen LogP) is 6.06. The second-order valence-corrected chi connectivity index (χ2v) is 9.81. The van der Waals surface area contributed by atoms with Gasteiger partial charge in [0, 0.05) is 28.7 Å². The minimum absolute atomic E-state index is 0.0872. The number of benzene rings is 2. The average molecular weight is 485 g/mol. The maximum atomic E-state index is 14.4. The van der Waals surface area contributed by atoms with Gasteiger partial charge in [-0.15, -0.1) is 0 Å². The number of ether oxygens (including phenoxy) is 1. The summed E-state index contributed by atoms with van der Waals surface area (Å²) < 4.78 is 12.5. The Kier molecular flexibility index (Phi) is 6.68. The van der Waals surface area contributed by atoms with E-state index in [2.05, 4.69) is 13.8 Å². The number of nitrogens with zero attached hydrogens (tertiary/aromatic N) is 2. The molecule has 1 fully saturated rings. The first-order valence-corrected chi connectivity index (χ1v) is 12.6. The zero-order chi connectivity index (χ0) is 25.2. The van der Waals surface area contributed by atoms with Gasteiger partial charge in [-0.3, -0.25) is 14.2 Å². The number of fused-ring (bicyclic) bond motifs is 1. The van der Waals surface area contributed by atoms with Crippen molar-refractivity contribution in [2.24, 2.45) is 11.8 Å². The minimum atomic E-state index is -0.162. The lowest BCUT2D eigenvalue weighted by Gasteiger charge is -2.41. The molecule has 1 amide bonds. The fraction of sp³-hybridized carbons (Fsp3) is 0.333. The number of aromatic nitrogens is 1. The van der Waals surface area contributed by atoms with Crippen LogP contribution in [0.5, 0.6) is 5.75 Å². The molecule has 0 aliphatic heterocycles. The van der Waals surface area contributed by atoms with Crippen molar-refractivity contribution in [3.05, 3.63) is 94.8 Å². The van der Waals surface area contributed by atoms with Gasteiger partial charge in [0.15, 0.2) is 0 Å². The van der Waals surface area contributed by atoms with Crippen molar-refractivity contribution in [3.8, 4) is 11.4 Å². The van der Waals surface area contributed by atoms with Gasteiger partial charge in [-0.25, -0.2) is 0 Å². The molecule has 1 aliphatic carbocycles. The van der Waals surface area contributed by atoms with Crippen LogP contribution < -0.4 is 10.3 Å². The van der Waals surface area contributed by atoms with Crippen molar-refractivity contribution in [2.45, 2.75) is 45.7 Å². The van der Waals surface area contributed by atoms with E-state index in [1.807, 2.05) is 59.5 Å². The van der Waals surface area contributed by atoms with E-state index in [4.69, 9.17) is 9.15 Å². The molecule has 1 saturated carbocycles. The van der Waals surface area contributed by atoms with Crippen molar-refractivity contribution in [3.63, 3.8) is 0 Å². The summed E-state index contributed by atoms with van der Waals surface area (Å²) in [6.07, 6.45) is 6.55. The Hall–Kier alpha value is -3.80. The number of rotatable bonds is 6. The third kappa shape index (κ3) is 4.43. The lowest BCUT2D eigenvalue weighted by atomic mass is 9.77. The lowest BCUT2D eigenvalue weighted by molar-refractivity contribution is 0.0428. The maximum absolute atomic E-state index is 14.4. The van der Waals surface area contributed by atoms with E-state index in [0.717, 1.165) is 18.6 Å². The second-order valence-electron chi connectivity index (χ2n) is 9.81. The second kappa shape index (κ2) is 10.1. The predicted molar refractivity (Wildman–Crippen MR) is 141 cm³/mol. The van der Waals surface area contributed by atoms with Crippen LogP contribution in [0.15, 0.2) is 82.3 Å². The third-order valence-corrected chi connectivity index (χ3v) is 7.74. The topological polar surface area (TPSA) is 64.7 Å². The van der Waals surface area contributed by atoms with Crippen LogP contribution in [0.25, 0.3) is 16.5 Å². The Morgan fingerprint density at radius 3 is 2.47 bits per heavy atom. The van der Waals surface area contributed by atoms with Gasteiger partial charge in [0.1, 0.15) is 11.5 Å². The Morgan fingerprint density at radius 1 is 1.03 bits per heavy atom. The number of carbonyl (C=O) groups is 1. The van der Waals surface area contributed by atoms with Crippen LogP contribution in [0.3, 0.4) is 0 Å². The molecule has 0 bridgehead atoms. The van der Waals surface area contributed by atoms with E-state index >= 15 is 0 Å². The molecule has 0 spiro atoms. The fourth-order valence-corrected chi connectivity index (χ4v) is 5.46. The van der Waals surface area contributed by atoms with E-state index in [1.165, 1.54) is 6.42 Å². The molecule has 0 N–H and O–H groups in total. The van der Waals surface area contributed by atoms with Gasteiger partial charge in [-0.05, 0) is 60.7 Å². The zero-order valence-electron chi connectivity index (χ0n) is 21.0. The van der Waals surface area contributed by atoms with Crippen LogP contribution in [0, 0.1) is 11.8 Å². The highest BCUT2D eigenvalue weighted by Gasteiger charge is 2.35. The average Bonchev–Trinajstić information content (AvgIpc) is 3.43. The number of hydrogen-bond donors (Lipinski definition) is 0. The van der Waals surface area contributed by atoms with Crippen LogP contribution in [0.2, 0.25) is 0 Å². The van der Waals surface area contributed by atoms with Crippen molar-refractivity contribution in [1.82, 2.24) is 9.47 Å². The number of methoxy groups -OCH3 is 1. The molecule has 2 aromatic carbocycles. The van der Waals surface area contributed by atoms with Gasteiger partial charge in [0.05, 0.1) is 25.5 Å². The van der Waals surface area contributed by atoms with Gasteiger partial charge >= 0.3 is 0 Å². The zero-order valence-corrected chi connectivity index (χ0v) is 21.0. The molecule has 186 valence electrons. The highest BCUT2D eigenvalue weighted by molar-refractivity contribution is 6.06. The van der Waals surface area contributed by atoms with Gasteiger partial charge in [0.25, 0.3) is 11.5 Å². The van der Waals surface area contributed by atoms with Crippen LogP contribution in [0.1, 0.15) is 49.2 Å².